The van der Waals surface area contributed by atoms with Crippen LogP contribution in [-0.4, -0.2) is 29.9 Å². The van der Waals surface area contributed by atoms with Crippen LogP contribution in [0.2, 0.25) is 0 Å². The van der Waals surface area contributed by atoms with Crippen molar-refractivity contribution in [2.45, 2.75) is 0 Å². The normalized spacial score (nSPS) is 10.7. The minimum atomic E-state index is -0.799. The summed E-state index contributed by atoms with van der Waals surface area (Å²) in [4.78, 5) is 27.7. The Labute approximate surface area is 141 Å². The van der Waals surface area contributed by atoms with E-state index in [0.29, 0.717) is 15.9 Å². The molecule has 0 aliphatic heterocycles. The van der Waals surface area contributed by atoms with E-state index in [1.54, 1.807) is 24.5 Å². The summed E-state index contributed by atoms with van der Waals surface area (Å²) in [5, 5.41) is 13.4. The number of nitrogens with one attached hydrogen (secondary N) is 1. The highest BCUT2D eigenvalue weighted by Crippen LogP contribution is 2.24. The molecule has 3 heterocycles. The van der Waals surface area contributed by atoms with Gasteiger partial charge in [-0.2, -0.15) is 4.98 Å². The number of fused-ring (bicyclic) bond motifs is 1. The molecule has 0 amide bonds. The largest absolute Gasteiger partial charge is 0.422 e. The molecule has 0 aliphatic carbocycles. The van der Waals surface area contributed by atoms with Crippen molar-refractivity contribution >= 4 is 22.5 Å². The molecule has 8 heteroatoms. The summed E-state index contributed by atoms with van der Waals surface area (Å²) < 4.78 is 0.430. The SMILES string of the molecule is O=c1nc(Nc2ccc(-c3cncnc3)cc2)c2cccnc2n1O. The van der Waals surface area contributed by atoms with Crippen molar-refractivity contribution in [2.75, 3.05) is 5.32 Å². The minimum Gasteiger partial charge on any atom is -0.422 e. The van der Waals surface area contributed by atoms with E-state index < -0.39 is 5.69 Å². The Morgan fingerprint density at radius 1 is 1.00 bits per heavy atom. The summed E-state index contributed by atoms with van der Waals surface area (Å²) in [6.45, 7) is 0. The molecular formula is C17H12N6O2. The molecule has 4 aromatic rings. The molecule has 4 rings (SSSR count). The molecule has 0 aliphatic rings. The zero-order valence-electron chi connectivity index (χ0n) is 12.9. The Morgan fingerprint density at radius 2 is 1.76 bits per heavy atom. The standard InChI is InChI=1S/C17H12N6O2/c24-17-22-15(14-2-1-7-20-16(14)23(17)25)21-13-5-3-11(4-6-13)12-8-18-10-19-9-12/h1-10,25H,(H,21,22,24). The van der Waals surface area contributed by atoms with Crippen LogP contribution in [0.25, 0.3) is 22.2 Å². The first-order valence-electron chi connectivity index (χ1n) is 7.42. The fourth-order valence-corrected chi connectivity index (χ4v) is 2.47. The lowest BCUT2D eigenvalue weighted by Gasteiger charge is -2.10. The van der Waals surface area contributed by atoms with Gasteiger partial charge in [-0.25, -0.2) is 19.7 Å². The van der Waals surface area contributed by atoms with E-state index in [-0.39, 0.29) is 5.65 Å². The van der Waals surface area contributed by atoms with Gasteiger partial charge >= 0.3 is 5.69 Å². The fraction of sp³-hybridized carbons (Fsp3) is 0. The summed E-state index contributed by atoms with van der Waals surface area (Å²) in [5.74, 6) is 0.328. The lowest BCUT2D eigenvalue weighted by atomic mass is 10.1. The molecule has 25 heavy (non-hydrogen) atoms. The van der Waals surface area contributed by atoms with Gasteiger partial charge in [0.1, 0.15) is 12.1 Å². The van der Waals surface area contributed by atoms with E-state index in [9.17, 15) is 10.0 Å². The highest BCUT2D eigenvalue weighted by molar-refractivity contribution is 5.88. The maximum atomic E-state index is 11.8. The Hall–Kier alpha value is -3.81. The third-order valence-corrected chi connectivity index (χ3v) is 3.67. The van der Waals surface area contributed by atoms with Crippen molar-refractivity contribution < 1.29 is 5.21 Å². The molecule has 122 valence electrons. The molecule has 0 fully saturated rings. The van der Waals surface area contributed by atoms with E-state index >= 15 is 0 Å². The van der Waals surface area contributed by atoms with Crippen LogP contribution in [0, 0.1) is 0 Å². The van der Waals surface area contributed by atoms with Crippen molar-refractivity contribution in [3.63, 3.8) is 0 Å². The second kappa shape index (κ2) is 6.00. The maximum Gasteiger partial charge on any atom is 0.384 e. The first-order chi connectivity index (χ1) is 12.2. The van der Waals surface area contributed by atoms with Crippen molar-refractivity contribution in [1.82, 2.24) is 24.7 Å². The lowest BCUT2D eigenvalue weighted by Crippen LogP contribution is -2.23. The van der Waals surface area contributed by atoms with Gasteiger partial charge in [-0.3, -0.25) is 0 Å². The number of rotatable bonds is 3. The zero-order valence-corrected chi connectivity index (χ0v) is 12.9. The topological polar surface area (TPSA) is 106 Å². The van der Waals surface area contributed by atoms with Crippen LogP contribution in [-0.2, 0) is 0 Å². The van der Waals surface area contributed by atoms with E-state index in [1.807, 2.05) is 24.3 Å². The third kappa shape index (κ3) is 2.76. The van der Waals surface area contributed by atoms with Gasteiger partial charge in [-0.15, -0.1) is 4.73 Å². The molecule has 2 N–H and O–H groups in total. The summed E-state index contributed by atoms with van der Waals surface area (Å²) >= 11 is 0. The van der Waals surface area contributed by atoms with Gasteiger partial charge in [0.25, 0.3) is 0 Å². The predicted molar refractivity (Wildman–Crippen MR) is 91.7 cm³/mol. The molecule has 0 saturated heterocycles. The maximum absolute atomic E-state index is 11.8. The zero-order chi connectivity index (χ0) is 17.2. The molecular weight excluding hydrogens is 320 g/mol. The van der Waals surface area contributed by atoms with Crippen LogP contribution in [0.3, 0.4) is 0 Å². The number of hydrogen-bond acceptors (Lipinski definition) is 7. The van der Waals surface area contributed by atoms with Crippen molar-refractivity contribution in [3.05, 3.63) is 71.8 Å². The number of nitrogens with zero attached hydrogens (tertiary/aromatic N) is 5. The van der Waals surface area contributed by atoms with E-state index in [0.717, 1.165) is 16.8 Å². The average molecular weight is 332 g/mol. The lowest BCUT2D eigenvalue weighted by molar-refractivity contribution is 0.182. The number of aromatic nitrogens is 5. The number of anilines is 2. The van der Waals surface area contributed by atoms with Gasteiger partial charge in [0.2, 0.25) is 0 Å². The average Bonchev–Trinajstić information content (AvgIpc) is 2.67. The van der Waals surface area contributed by atoms with Gasteiger partial charge in [-0.05, 0) is 29.8 Å². The molecule has 0 spiro atoms. The van der Waals surface area contributed by atoms with Gasteiger partial charge in [0.15, 0.2) is 5.65 Å². The summed E-state index contributed by atoms with van der Waals surface area (Å²) in [6, 6.07) is 11.0. The summed E-state index contributed by atoms with van der Waals surface area (Å²) in [6.07, 6.45) is 6.44. The van der Waals surface area contributed by atoms with E-state index in [1.165, 1.54) is 12.5 Å². The second-order valence-corrected chi connectivity index (χ2v) is 5.26. The first-order valence-corrected chi connectivity index (χ1v) is 7.42. The summed E-state index contributed by atoms with van der Waals surface area (Å²) in [7, 11) is 0. The number of hydrogen-bond donors (Lipinski definition) is 2. The number of benzene rings is 1. The first kappa shape index (κ1) is 14.8. The van der Waals surface area contributed by atoms with Crippen LogP contribution in [0.1, 0.15) is 0 Å². The monoisotopic (exact) mass is 332 g/mol. The van der Waals surface area contributed by atoms with Crippen LogP contribution < -0.4 is 11.0 Å². The van der Waals surface area contributed by atoms with Crippen molar-refractivity contribution in [3.8, 4) is 11.1 Å². The highest BCUT2D eigenvalue weighted by atomic mass is 16.5. The van der Waals surface area contributed by atoms with Crippen LogP contribution in [0.4, 0.5) is 11.5 Å². The molecule has 0 unspecified atom stereocenters. The Morgan fingerprint density at radius 3 is 2.52 bits per heavy atom. The predicted octanol–water partition coefficient (Wildman–Crippen LogP) is 2.23. The summed E-state index contributed by atoms with van der Waals surface area (Å²) in [5.41, 5.74) is 1.96. The minimum absolute atomic E-state index is 0.142. The Bertz CT molecular complexity index is 1090. The molecule has 0 radical (unpaired) electrons. The molecule has 1 aromatic carbocycles. The number of pyridine rings is 1. The molecule has 3 aromatic heterocycles. The molecule has 0 bridgehead atoms. The smallest absolute Gasteiger partial charge is 0.384 e. The highest BCUT2D eigenvalue weighted by Gasteiger charge is 2.10. The van der Waals surface area contributed by atoms with E-state index in [4.69, 9.17) is 0 Å². The van der Waals surface area contributed by atoms with Crippen molar-refractivity contribution in [1.29, 1.82) is 0 Å². The molecule has 0 atom stereocenters. The van der Waals surface area contributed by atoms with Crippen LogP contribution in [0.5, 0.6) is 0 Å². The second-order valence-electron chi connectivity index (χ2n) is 5.26. The third-order valence-electron chi connectivity index (χ3n) is 3.67. The van der Waals surface area contributed by atoms with Crippen LogP contribution in [0.15, 0.2) is 66.1 Å². The fourth-order valence-electron chi connectivity index (χ4n) is 2.47. The Balaban J connectivity index is 1.70. The van der Waals surface area contributed by atoms with Gasteiger partial charge < -0.3 is 10.5 Å². The van der Waals surface area contributed by atoms with Gasteiger partial charge in [0.05, 0.1) is 5.39 Å². The van der Waals surface area contributed by atoms with Crippen LogP contribution >= 0.6 is 0 Å². The van der Waals surface area contributed by atoms with Gasteiger partial charge in [0, 0.05) is 29.8 Å². The molecule has 8 nitrogen and oxygen atoms in total. The quantitative estimate of drug-likeness (QED) is 0.554. The van der Waals surface area contributed by atoms with E-state index in [2.05, 4.69) is 25.3 Å². The van der Waals surface area contributed by atoms with Crippen molar-refractivity contribution in [2.24, 2.45) is 0 Å². The van der Waals surface area contributed by atoms with Gasteiger partial charge in [-0.1, -0.05) is 12.1 Å². The Kier molecular flexibility index (Phi) is 3.55. The molecule has 0 saturated carbocycles.